The molecule has 2 rings (SSSR count). The fraction of sp³-hybridized carbons (Fsp3) is 0.100. The summed E-state index contributed by atoms with van der Waals surface area (Å²) in [6.07, 6.45) is 0.612. The molecular weight excluding hydrogens is 233 g/mol. The summed E-state index contributed by atoms with van der Waals surface area (Å²) in [5.41, 5.74) is 1.82. The Morgan fingerprint density at radius 1 is 0.933 bits per heavy atom. The minimum Gasteiger partial charge on any atom is -0.118 e. The molecule has 0 amide bonds. The van der Waals surface area contributed by atoms with Crippen molar-refractivity contribution in [2.24, 2.45) is 0 Å². The van der Waals surface area contributed by atoms with Gasteiger partial charge in [-0.25, -0.2) is 0 Å². The van der Waals surface area contributed by atoms with E-state index in [1.54, 1.807) is 0 Å². The zero-order valence-corrected chi connectivity index (χ0v) is 9.20. The van der Waals surface area contributed by atoms with Crippen molar-refractivity contribution < 1.29 is 0 Å². The molecule has 0 unspecified atom stereocenters. The number of nitrogens with zero attached hydrogens (tertiary/aromatic N) is 3. The fourth-order valence-electron chi connectivity index (χ4n) is 1.25. The molecule has 5 heteroatoms. The molecule has 0 aliphatic carbocycles. The van der Waals surface area contributed by atoms with E-state index in [2.05, 4.69) is 15.4 Å². The molecule has 1 heterocycles. The van der Waals surface area contributed by atoms with E-state index in [9.17, 15) is 0 Å². The first-order valence-corrected chi connectivity index (χ1v) is 5.10. The predicted octanol–water partition coefficient (Wildman–Crippen LogP) is 2.77. The average molecular weight is 240 g/mol. The van der Waals surface area contributed by atoms with E-state index in [-0.39, 0.29) is 0 Å². The van der Waals surface area contributed by atoms with Crippen LogP contribution in [-0.4, -0.2) is 15.4 Å². The van der Waals surface area contributed by atoms with E-state index in [0.717, 1.165) is 5.56 Å². The Balaban J connectivity index is 2.32. The van der Waals surface area contributed by atoms with Crippen LogP contribution < -0.4 is 0 Å². The average Bonchev–Trinajstić information content (AvgIpc) is 2.25. The van der Waals surface area contributed by atoms with Gasteiger partial charge in [0.2, 0.25) is 0 Å². The number of benzene rings is 1. The maximum atomic E-state index is 5.88. The molecule has 0 spiro atoms. The third-order valence-electron chi connectivity index (χ3n) is 1.99. The summed E-state index contributed by atoms with van der Waals surface area (Å²) >= 11 is 11.8. The summed E-state index contributed by atoms with van der Waals surface area (Å²) in [6.45, 7) is 0. The van der Waals surface area contributed by atoms with Gasteiger partial charge in [0, 0.05) is 12.0 Å². The van der Waals surface area contributed by atoms with Gasteiger partial charge in [0.15, 0.2) is 10.3 Å². The van der Waals surface area contributed by atoms with Crippen LogP contribution >= 0.6 is 23.2 Å². The lowest BCUT2D eigenvalue weighted by Crippen LogP contribution is -1.98. The predicted molar refractivity (Wildman–Crippen MR) is 59.1 cm³/mol. The second-order valence-electron chi connectivity index (χ2n) is 3.01. The van der Waals surface area contributed by atoms with Gasteiger partial charge in [-0.15, -0.1) is 10.2 Å². The Morgan fingerprint density at radius 2 is 1.53 bits per heavy atom. The zero-order valence-electron chi connectivity index (χ0n) is 7.69. The summed E-state index contributed by atoms with van der Waals surface area (Å²) < 4.78 is 0. The SMILES string of the molecule is Clc1nnnc(Cl)c1Cc1ccccc1. The summed E-state index contributed by atoms with van der Waals surface area (Å²) in [5, 5.41) is 11.3. The molecular formula is C10H7Cl2N3. The van der Waals surface area contributed by atoms with Crippen molar-refractivity contribution in [2.45, 2.75) is 6.42 Å². The van der Waals surface area contributed by atoms with Crippen molar-refractivity contribution in [1.82, 2.24) is 15.4 Å². The first-order valence-electron chi connectivity index (χ1n) is 4.34. The van der Waals surface area contributed by atoms with Crippen LogP contribution in [-0.2, 0) is 6.42 Å². The number of halogens is 2. The summed E-state index contributed by atoms with van der Waals surface area (Å²) in [7, 11) is 0. The highest BCUT2D eigenvalue weighted by Gasteiger charge is 2.09. The van der Waals surface area contributed by atoms with Crippen molar-refractivity contribution in [1.29, 1.82) is 0 Å². The Labute approximate surface area is 97.1 Å². The van der Waals surface area contributed by atoms with Gasteiger partial charge in [-0.1, -0.05) is 53.5 Å². The lowest BCUT2D eigenvalue weighted by Gasteiger charge is -2.03. The van der Waals surface area contributed by atoms with E-state index in [4.69, 9.17) is 23.2 Å². The molecule has 1 aromatic heterocycles. The van der Waals surface area contributed by atoms with Crippen LogP contribution in [0.2, 0.25) is 10.3 Å². The quantitative estimate of drug-likeness (QED) is 0.810. The first-order chi connectivity index (χ1) is 7.27. The van der Waals surface area contributed by atoms with Crippen LogP contribution in [0.25, 0.3) is 0 Å². The molecule has 0 saturated carbocycles. The van der Waals surface area contributed by atoms with Crippen LogP contribution in [0.1, 0.15) is 11.1 Å². The Bertz CT molecular complexity index is 439. The second kappa shape index (κ2) is 4.55. The smallest absolute Gasteiger partial charge is 0.118 e. The normalized spacial score (nSPS) is 10.3. The van der Waals surface area contributed by atoms with Crippen molar-refractivity contribution in [3.05, 3.63) is 51.8 Å². The molecule has 0 fully saturated rings. The summed E-state index contributed by atoms with van der Waals surface area (Å²) in [6, 6.07) is 9.86. The standard InChI is InChI=1S/C10H7Cl2N3/c11-9-8(10(12)14-15-13-9)6-7-4-2-1-3-5-7/h1-5H,6H2. The number of aromatic nitrogens is 3. The molecule has 0 atom stereocenters. The van der Waals surface area contributed by atoms with Gasteiger partial charge in [0.05, 0.1) is 0 Å². The van der Waals surface area contributed by atoms with Crippen LogP contribution in [0, 0.1) is 0 Å². The highest BCUT2D eigenvalue weighted by atomic mass is 35.5. The molecule has 15 heavy (non-hydrogen) atoms. The summed E-state index contributed by atoms with van der Waals surface area (Å²) in [4.78, 5) is 0. The topological polar surface area (TPSA) is 38.7 Å². The van der Waals surface area contributed by atoms with Gasteiger partial charge in [0.1, 0.15) is 0 Å². The van der Waals surface area contributed by atoms with E-state index in [0.29, 0.717) is 22.3 Å². The first kappa shape index (κ1) is 10.3. The van der Waals surface area contributed by atoms with Gasteiger partial charge >= 0.3 is 0 Å². The van der Waals surface area contributed by atoms with Crippen LogP contribution in [0.15, 0.2) is 30.3 Å². The highest BCUT2D eigenvalue weighted by Crippen LogP contribution is 2.21. The lowest BCUT2D eigenvalue weighted by molar-refractivity contribution is 0.846. The molecule has 76 valence electrons. The molecule has 0 radical (unpaired) electrons. The maximum Gasteiger partial charge on any atom is 0.160 e. The van der Waals surface area contributed by atoms with Crippen LogP contribution in [0.5, 0.6) is 0 Å². The molecule has 2 aromatic rings. The lowest BCUT2D eigenvalue weighted by atomic mass is 10.1. The van der Waals surface area contributed by atoms with Crippen LogP contribution in [0.3, 0.4) is 0 Å². The highest BCUT2D eigenvalue weighted by molar-refractivity contribution is 6.34. The van der Waals surface area contributed by atoms with Gasteiger partial charge in [-0.2, -0.15) is 0 Å². The van der Waals surface area contributed by atoms with Crippen molar-refractivity contribution in [3.63, 3.8) is 0 Å². The van der Waals surface area contributed by atoms with Crippen LogP contribution in [0.4, 0.5) is 0 Å². The monoisotopic (exact) mass is 239 g/mol. The Hall–Kier alpha value is -1.19. The second-order valence-corrected chi connectivity index (χ2v) is 3.73. The van der Waals surface area contributed by atoms with Crippen molar-refractivity contribution in [3.8, 4) is 0 Å². The fourth-order valence-corrected chi connectivity index (χ4v) is 1.68. The molecule has 0 bridgehead atoms. The third kappa shape index (κ3) is 2.43. The Morgan fingerprint density at radius 3 is 2.13 bits per heavy atom. The third-order valence-corrected chi connectivity index (χ3v) is 2.59. The van der Waals surface area contributed by atoms with Gasteiger partial charge in [-0.05, 0) is 10.8 Å². The molecule has 0 aliphatic rings. The van der Waals surface area contributed by atoms with E-state index in [1.165, 1.54) is 0 Å². The van der Waals surface area contributed by atoms with E-state index >= 15 is 0 Å². The molecule has 3 nitrogen and oxygen atoms in total. The van der Waals surface area contributed by atoms with Crippen molar-refractivity contribution >= 4 is 23.2 Å². The molecule has 0 N–H and O–H groups in total. The zero-order chi connectivity index (χ0) is 10.7. The van der Waals surface area contributed by atoms with E-state index in [1.807, 2.05) is 30.3 Å². The number of rotatable bonds is 2. The van der Waals surface area contributed by atoms with Crippen molar-refractivity contribution in [2.75, 3.05) is 0 Å². The minimum atomic E-state index is 0.304. The molecule has 0 aliphatic heterocycles. The van der Waals surface area contributed by atoms with E-state index < -0.39 is 0 Å². The number of hydrogen-bond donors (Lipinski definition) is 0. The molecule has 0 saturated heterocycles. The minimum absolute atomic E-state index is 0.304. The Kier molecular flexibility index (Phi) is 3.14. The number of hydrogen-bond acceptors (Lipinski definition) is 3. The van der Waals surface area contributed by atoms with Gasteiger partial charge < -0.3 is 0 Å². The largest absolute Gasteiger partial charge is 0.160 e. The van der Waals surface area contributed by atoms with Gasteiger partial charge in [-0.3, -0.25) is 0 Å². The molecule has 1 aromatic carbocycles. The van der Waals surface area contributed by atoms with Gasteiger partial charge in [0.25, 0.3) is 0 Å². The maximum absolute atomic E-state index is 5.88. The summed E-state index contributed by atoms with van der Waals surface area (Å²) in [5.74, 6) is 0.